The number of ketones is 1. The Kier molecular flexibility index (Phi) is 4.84. The van der Waals surface area contributed by atoms with Crippen molar-refractivity contribution in [2.24, 2.45) is 0 Å². The lowest BCUT2D eigenvalue weighted by Crippen LogP contribution is -2.38. The summed E-state index contributed by atoms with van der Waals surface area (Å²) in [6.07, 6.45) is 2.70. The van der Waals surface area contributed by atoms with Gasteiger partial charge >= 0.3 is 5.97 Å². The topological polar surface area (TPSA) is 43.4 Å². The number of esters is 1. The van der Waals surface area contributed by atoms with E-state index in [4.69, 9.17) is 4.74 Å². The van der Waals surface area contributed by atoms with E-state index in [0.717, 1.165) is 23.1 Å². The van der Waals surface area contributed by atoms with E-state index in [2.05, 4.69) is 6.07 Å². The van der Waals surface area contributed by atoms with Gasteiger partial charge in [-0.1, -0.05) is 54.6 Å². The molecule has 1 aliphatic rings. The number of Topliss-reactive ketones (excluding diaryl/α,β-unsaturated/α-hetero) is 1. The number of carbonyl (C=O) groups excluding carboxylic acids is 2. The quantitative estimate of drug-likeness (QED) is 0.624. The molecule has 0 aliphatic heterocycles. The summed E-state index contributed by atoms with van der Waals surface area (Å²) in [7, 11) is 0. The molecule has 128 valence electrons. The van der Waals surface area contributed by atoms with Gasteiger partial charge in [0.25, 0.3) is 0 Å². The summed E-state index contributed by atoms with van der Waals surface area (Å²) in [5.41, 5.74) is 2.84. The van der Waals surface area contributed by atoms with Gasteiger partial charge < -0.3 is 4.74 Å². The predicted molar refractivity (Wildman–Crippen MR) is 98.2 cm³/mol. The zero-order valence-electron chi connectivity index (χ0n) is 14.6. The summed E-state index contributed by atoms with van der Waals surface area (Å²) in [5, 5.41) is 0. The van der Waals surface area contributed by atoms with Gasteiger partial charge in [0.15, 0.2) is 0 Å². The lowest BCUT2D eigenvalue weighted by molar-refractivity contribution is -0.137. The van der Waals surface area contributed by atoms with Gasteiger partial charge in [-0.15, -0.1) is 0 Å². The van der Waals surface area contributed by atoms with Crippen molar-refractivity contribution >= 4 is 17.3 Å². The number of rotatable bonds is 4. The maximum absolute atomic E-state index is 13.0. The van der Waals surface area contributed by atoms with E-state index in [1.807, 2.05) is 55.5 Å². The van der Waals surface area contributed by atoms with Crippen LogP contribution in [0.3, 0.4) is 0 Å². The molecule has 1 aliphatic carbocycles. The van der Waals surface area contributed by atoms with Crippen molar-refractivity contribution in [3.8, 4) is 0 Å². The molecule has 0 N–H and O–H groups in total. The highest BCUT2D eigenvalue weighted by Crippen LogP contribution is 2.44. The first kappa shape index (κ1) is 17.2. The van der Waals surface area contributed by atoms with E-state index in [0.29, 0.717) is 18.6 Å². The lowest BCUT2D eigenvalue weighted by Gasteiger charge is -2.37. The van der Waals surface area contributed by atoms with Crippen LogP contribution in [0.1, 0.15) is 37.0 Å². The molecule has 3 rings (SSSR count). The third-order valence-electron chi connectivity index (χ3n) is 4.91. The zero-order valence-corrected chi connectivity index (χ0v) is 14.6. The number of aryl methyl sites for hydroxylation is 1. The minimum Gasteiger partial charge on any atom is -0.463 e. The van der Waals surface area contributed by atoms with Crippen LogP contribution < -0.4 is 0 Å². The van der Waals surface area contributed by atoms with Gasteiger partial charge in [-0.25, -0.2) is 4.79 Å². The highest BCUT2D eigenvalue weighted by Gasteiger charge is 2.43. The fourth-order valence-electron chi connectivity index (χ4n) is 3.61. The third-order valence-corrected chi connectivity index (χ3v) is 4.91. The average Bonchev–Trinajstić information content (AvgIpc) is 2.64. The van der Waals surface area contributed by atoms with Gasteiger partial charge in [0.1, 0.15) is 5.78 Å². The van der Waals surface area contributed by atoms with E-state index >= 15 is 0 Å². The summed E-state index contributed by atoms with van der Waals surface area (Å²) in [6.45, 7) is 4.00. The van der Waals surface area contributed by atoms with Crippen LogP contribution in [0.4, 0.5) is 0 Å². The van der Waals surface area contributed by atoms with Gasteiger partial charge in [0, 0.05) is 12.5 Å². The van der Waals surface area contributed by atoms with Gasteiger partial charge in [0.2, 0.25) is 0 Å². The predicted octanol–water partition coefficient (Wildman–Crippen LogP) is 4.11. The summed E-state index contributed by atoms with van der Waals surface area (Å²) in [5.74, 6) is -0.288. The highest BCUT2D eigenvalue weighted by molar-refractivity contribution is 6.08. The molecule has 0 fully saturated rings. The van der Waals surface area contributed by atoms with Crippen LogP contribution in [0.5, 0.6) is 0 Å². The number of benzene rings is 2. The first-order valence-corrected chi connectivity index (χ1v) is 8.63. The van der Waals surface area contributed by atoms with Crippen LogP contribution in [-0.2, 0) is 26.2 Å². The molecule has 0 amide bonds. The fraction of sp³-hybridized carbons (Fsp3) is 0.273. The second-order valence-corrected chi connectivity index (χ2v) is 6.38. The molecule has 0 bridgehead atoms. The smallest absolute Gasteiger partial charge is 0.331 e. The standard InChI is InChI=1S/C22H22O3/c1-3-25-21(24)15-19(16-9-5-4-6-10-16)22(2)18-12-8-7-11-17(18)13-14-20(22)23/h4-12,15H,3,13-14H2,1-2H3/b19-15+. The molecular weight excluding hydrogens is 312 g/mol. The minimum atomic E-state index is -0.858. The molecule has 0 radical (unpaired) electrons. The third kappa shape index (κ3) is 3.14. The number of hydrogen-bond acceptors (Lipinski definition) is 3. The van der Waals surface area contributed by atoms with Crippen molar-refractivity contribution in [2.75, 3.05) is 6.61 Å². The minimum absolute atomic E-state index is 0.130. The normalized spacial score (nSPS) is 20.1. The molecule has 3 nitrogen and oxygen atoms in total. The van der Waals surface area contributed by atoms with Crippen LogP contribution >= 0.6 is 0 Å². The van der Waals surface area contributed by atoms with Crippen molar-refractivity contribution in [1.82, 2.24) is 0 Å². The molecule has 3 heteroatoms. The molecule has 0 aromatic heterocycles. The van der Waals surface area contributed by atoms with Crippen molar-refractivity contribution in [3.05, 3.63) is 77.4 Å². The Morgan fingerprint density at radius 3 is 2.48 bits per heavy atom. The summed E-state index contributed by atoms with van der Waals surface area (Å²) in [4.78, 5) is 25.3. The van der Waals surface area contributed by atoms with Crippen molar-refractivity contribution in [3.63, 3.8) is 0 Å². The second kappa shape index (κ2) is 7.06. The van der Waals surface area contributed by atoms with E-state index in [-0.39, 0.29) is 5.78 Å². The fourth-order valence-corrected chi connectivity index (χ4v) is 3.61. The highest BCUT2D eigenvalue weighted by atomic mass is 16.5. The van der Waals surface area contributed by atoms with Crippen LogP contribution in [0.15, 0.2) is 60.7 Å². The van der Waals surface area contributed by atoms with Crippen LogP contribution in [0.25, 0.3) is 5.57 Å². The molecule has 0 saturated heterocycles. The molecule has 0 heterocycles. The maximum Gasteiger partial charge on any atom is 0.331 e. The molecular formula is C22H22O3. The Labute approximate surface area is 148 Å². The average molecular weight is 334 g/mol. The van der Waals surface area contributed by atoms with E-state index in [1.54, 1.807) is 6.92 Å². The molecule has 25 heavy (non-hydrogen) atoms. The molecule has 0 saturated carbocycles. The van der Waals surface area contributed by atoms with E-state index < -0.39 is 11.4 Å². The van der Waals surface area contributed by atoms with Crippen molar-refractivity contribution in [2.45, 2.75) is 32.1 Å². The number of carbonyl (C=O) groups is 2. The Bertz CT molecular complexity index is 820. The summed E-state index contributed by atoms with van der Waals surface area (Å²) in [6, 6.07) is 17.6. The van der Waals surface area contributed by atoms with E-state index in [9.17, 15) is 9.59 Å². The van der Waals surface area contributed by atoms with Crippen molar-refractivity contribution < 1.29 is 14.3 Å². The number of fused-ring (bicyclic) bond motifs is 1. The largest absolute Gasteiger partial charge is 0.463 e. The molecule has 1 unspecified atom stereocenters. The SMILES string of the molecule is CCOC(=O)/C=C(\c1ccccc1)C1(C)C(=O)CCc2ccccc21. The summed E-state index contributed by atoms with van der Waals surface area (Å²) < 4.78 is 5.13. The zero-order chi connectivity index (χ0) is 17.9. The van der Waals surface area contributed by atoms with Crippen LogP contribution in [0.2, 0.25) is 0 Å². The van der Waals surface area contributed by atoms with Gasteiger partial charge in [-0.05, 0) is 42.5 Å². The Balaban J connectivity index is 2.22. The van der Waals surface area contributed by atoms with Crippen LogP contribution in [-0.4, -0.2) is 18.4 Å². The van der Waals surface area contributed by atoms with Crippen LogP contribution in [0, 0.1) is 0 Å². The first-order chi connectivity index (χ1) is 12.1. The van der Waals surface area contributed by atoms with Gasteiger partial charge in [0.05, 0.1) is 12.0 Å². The van der Waals surface area contributed by atoms with Gasteiger partial charge in [-0.3, -0.25) is 4.79 Å². The van der Waals surface area contributed by atoms with Gasteiger partial charge in [-0.2, -0.15) is 0 Å². The first-order valence-electron chi connectivity index (χ1n) is 8.63. The Morgan fingerprint density at radius 1 is 1.08 bits per heavy atom. The summed E-state index contributed by atoms with van der Waals surface area (Å²) >= 11 is 0. The molecule has 1 atom stereocenters. The maximum atomic E-state index is 13.0. The molecule has 0 spiro atoms. The Morgan fingerprint density at radius 2 is 1.76 bits per heavy atom. The number of allylic oxidation sites excluding steroid dienone is 1. The Hall–Kier alpha value is -2.68. The second-order valence-electron chi connectivity index (χ2n) is 6.38. The van der Waals surface area contributed by atoms with E-state index in [1.165, 1.54) is 6.08 Å². The number of hydrogen-bond donors (Lipinski definition) is 0. The monoisotopic (exact) mass is 334 g/mol. The lowest BCUT2D eigenvalue weighted by atomic mass is 9.64. The molecule has 2 aromatic carbocycles. The number of ether oxygens (including phenoxy) is 1. The molecule has 2 aromatic rings. The van der Waals surface area contributed by atoms with Crippen molar-refractivity contribution in [1.29, 1.82) is 0 Å².